The van der Waals surface area contributed by atoms with E-state index in [0.29, 0.717) is 5.56 Å². The molecule has 4 heteroatoms. The molecule has 0 atom stereocenters. The molecular weight excluding hydrogens is 256 g/mol. The fourth-order valence-electron chi connectivity index (χ4n) is 1.52. The second kappa shape index (κ2) is 4.31. The lowest BCUT2D eigenvalue weighted by atomic mass is 10.2. The quantitative estimate of drug-likeness (QED) is 0.843. The van der Waals surface area contributed by atoms with Gasteiger partial charge in [-0.1, -0.05) is 0 Å². The molecule has 1 heterocycles. The van der Waals surface area contributed by atoms with E-state index in [-0.39, 0.29) is 5.91 Å². The molecular formula is C11H13BrN2O. The van der Waals surface area contributed by atoms with Gasteiger partial charge in [0.05, 0.1) is 5.56 Å². The molecule has 0 unspecified atom stereocenters. The summed E-state index contributed by atoms with van der Waals surface area (Å²) in [5, 5.41) is 0. The highest BCUT2D eigenvalue weighted by Gasteiger charge is 2.25. The highest BCUT2D eigenvalue weighted by atomic mass is 79.9. The van der Waals surface area contributed by atoms with E-state index < -0.39 is 0 Å². The van der Waals surface area contributed by atoms with Crippen molar-refractivity contribution in [1.82, 2.24) is 9.88 Å². The number of carbonyl (C=O) groups excluding carboxylic acids is 1. The Hall–Kier alpha value is -0.900. The molecule has 2 rings (SSSR count). The predicted octanol–water partition coefficient (Wildman–Crippen LogP) is 2.33. The topological polar surface area (TPSA) is 33.2 Å². The number of hydrogen-bond donors (Lipinski definition) is 0. The summed E-state index contributed by atoms with van der Waals surface area (Å²) in [6.07, 6.45) is 5.80. The summed E-state index contributed by atoms with van der Waals surface area (Å²) in [6, 6.07) is 1.80. The Labute approximate surface area is 97.6 Å². The summed E-state index contributed by atoms with van der Waals surface area (Å²) < 4.78 is 0.841. The fourth-order valence-corrected chi connectivity index (χ4v) is 1.88. The average molecular weight is 269 g/mol. The van der Waals surface area contributed by atoms with Gasteiger partial charge in [-0.15, -0.1) is 0 Å². The number of nitrogens with zero attached hydrogens (tertiary/aromatic N) is 2. The molecule has 15 heavy (non-hydrogen) atoms. The Kier molecular flexibility index (Phi) is 3.05. The molecule has 0 bridgehead atoms. The first-order valence-corrected chi connectivity index (χ1v) is 5.82. The van der Waals surface area contributed by atoms with Crippen molar-refractivity contribution in [3.05, 3.63) is 28.5 Å². The van der Waals surface area contributed by atoms with Crippen LogP contribution in [0, 0.1) is 5.92 Å². The first-order valence-electron chi connectivity index (χ1n) is 5.03. The van der Waals surface area contributed by atoms with Gasteiger partial charge >= 0.3 is 0 Å². The molecule has 1 amide bonds. The number of aromatic nitrogens is 1. The summed E-state index contributed by atoms with van der Waals surface area (Å²) >= 11 is 3.31. The van der Waals surface area contributed by atoms with E-state index in [4.69, 9.17) is 0 Å². The molecule has 0 spiro atoms. The van der Waals surface area contributed by atoms with Gasteiger partial charge in [0, 0.05) is 30.5 Å². The molecule has 1 saturated carbocycles. The minimum absolute atomic E-state index is 0.0516. The van der Waals surface area contributed by atoms with Crippen molar-refractivity contribution in [2.45, 2.75) is 12.8 Å². The lowest BCUT2D eigenvalue weighted by molar-refractivity contribution is 0.0788. The van der Waals surface area contributed by atoms with Gasteiger partial charge in [0.2, 0.25) is 0 Å². The Bertz CT molecular complexity index is 377. The van der Waals surface area contributed by atoms with Gasteiger partial charge < -0.3 is 4.90 Å². The zero-order valence-corrected chi connectivity index (χ0v) is 10.2. The van der Waals surface area contributed by atoms with Crippen LogP contribution in [0.2, 0.25) is 0 Å². The van der Waals surface area contributed by atoms with Crippen LogP contribution in [0.15, 0.2) is 22.9 Å². The molecule has 1 aromatic heterocycles. The molecule has 1 aliphatic carbocycles. The van der Waals surface area contributed by atoms with E-state index in [1.807, 2.05) is 7.05 Å². The third-order valence-corrected chi connectivity index (χ3v) is 2.96. The van der Waals surface area contributed by atoms with Crippen LogP contribution < -0.4 is 0 Å². The van der Waals surface area contributed by atoms with Crippen molar-refractivity contribution in [3.8, 4) is 0 Å². The van der Waals surface area contributed by atoms with Crippen LogP contribution in [0.3, 0.4) is 0 Å². The largest absolute Gasteiger partial charge is 0.341 e. The number of amides is 1. The summed E-state index contributed by atoms with van der Waals surface area (Å²) in [4.78, 5) is 17.7. The van der Waals surface area contributed by atoms with Gasteiger partial charge in [-0.25, -0.2) is 0 Å². The van der Waals surface area contributed by atoms with Gasteiger partial charge in [-0.05, 0) is 40.8 Å². The zero-order valence-electron chi connectivity index (χ0n) is 8.61. The molecule has 1 aromatic rings. The van der Waals surface area contributed by atoms with Crippen molar-refractivity contribution in [2.75, 3.05) is 13.6 Å². The van der Waals surface area contributed by atoms with E-state index in [0.717, 1.165) is 16.9 Å². The Morgan fingerprint density at radius 1 is 1.60 bits per heavy atom. The number of hydrogen-bond acceptors (Lipinski definition) is 2. The molecule has 1 fully saturated rings. The van der Waals surface area contributed by atoms with Crippen molar-refractivity contribution in [1.29, 1.82) is 0 Å². The van der Waals surface area contributed by atoms with E-state index in [1.165, 1.54) is 12.8 Å². The lowest BCUT2D eigenvalue weighted by Crippen LogP contribution is -2.28. The van der Waals surface area contributed by atoms with Gasteiger partial charge in [-0.2, -0.15) is 0 Å². The Morgan fingerprint density at radius 3 is 2.93 bits per heavy atom. The Balaban J connectivity index is 2.05. The van der Waals surface area contributed by atoms with Gasteiger partial charge in [-0.3, -0.25) is 9.78 Å². The van der Waals surface area contributed by atoms with Crippen LogP contribution in [0.25, 0.3) is 0 Å². The summed E-state index contributed by atoms with van der Waals surface area (Å²) in [7, 11) is 1.85. The normalized spacial score (nSPS) is 15.1. The molecule has 80 valence electrons. The van der Waals surface area contributed by atoms with Crippen molar-refractivity contribution < 1.29 is 4.79 Å². The maximum atomic E-state index is 11.9. The first kappa shape index (κ1) is 10.6. The third kappa shape index (κ3) is 2.78. The average Bonchev–Trinajstić information content (AvgIpc) is 3.00. The highest BCUT2D eigenvalue weighted by molar-refractivity contribution is 9.10. The van der Waals surface area contributed by atoms with Crippen LogP contribution in [0.4, 0.5) is 0 Å². The van der Waals surface area contributed by atoms with Crippen LogP contribution in [-0.4, -0.2) is 29.4 Å². The lowest BCUT2D eigenvalue weighted by Gasteiger charge is -2.16. The number of halogens is 1. The maximum absolute atomic E-state index is 11.9. The molecule has 0 aromatic carbocycles. The summed E-state index contributed by atoms with van der Waals surface area (Å²) in [5.41, 5.74) is 0.646. The minimum Gasteiger partial charge on any atom is -0.341 e. The molecule has 3 nitrogen and oxygen atoms in total. The van der Waals surface area contributed by atoms with Crippen molar-refractivity contribution >= 4 is 21.8 Å². The minimum atomic E-state index is 0.0516. The predicted molar refractivity (Wildman–Crippen MR) is 61.6 cm³/mol. The van der Waals surface area contributed by atoms with E-state index in [2.05, 4.69) is 20.9 Å². The first-order chi connectivity index (χ1) is 7.16. The van der Waals surface area contributed by atoms with Crippen molar-refractivity contribution in [2.24, 2.45) is 5.92 Å². The third-order valence-electron chi connectivity index (χ3n) is 2.53. The van der Waals surface area contributed by atoms with Crippen LogP contribution in [0.1, 0.15) is 23.2 Å². The fraction of sp³-hybridized carbons (Fsp3) is 0.455. The van der Waals surface area contributed by atoms with Crippen LogP contribution in [-0.2, 0) is 0 Å². The van der Waals surface area contributed by atoms with Crippen LogP contribution >= 0.6 is 15.9 Å². The monoisotopic (exact) mass is 268 g/mol. The standard InChI is InChI=1S/C11H13BrN2O/c1-14(7-8-2-3-8)11(15)9-4-10(12)6-13-5-9/h4-6,8H,2-3,7H2,1H3. The Morgan fingerprint density at radius 2 is 2.33 bits per heavy atom. The maximum Gasteiger partial charge on any atom is 0.255 e. The second-order valence-corrected chi connectivity index (χ2v) is 4.94. The summed E-state index contributed by atoms with van der Waals surface area (Å²) in [6.45, 7) is 0.866. The number of carbonyl (C=O) groups is 1. The van der Waals surface area contributed by atoms with E-state index >= 15 is 0 Å². The van der Waals surface area contributed by atoms with Crippen molar-refractivity contribution in [3.63, 3.8) is 0 Å². The highest BCUT2D eigenvalue weighted by Crippen LogP contribution is 2.29. The molecule has 0 radical (unpaired) electrons. The van der Waals surface area contributed by atoms with Crippen LogP contribution in [0.5, 0.6) is 0 Å². The molecule has 0 saturated heterocycles. The van der Waals surface area contributed by atoms with E-state index in [1.54, 1.807) is 23.4 Å². The SMILES string of the molecule is CN(CC1CC1)C(=O)c1cncc(Br)c1. The molecule has 0 aliphatic heterocycles. The number of pyridine rings is 1. The van der Waals surface area contributed by atoms with Gasteiger partial charge in [0.1, 0.15) is 0 Å². The zero-order chi connectivity index (χ0) is 10.8. The molecule has 0 N–H and O–H groups in total. The number of rotatable bonds is 3. The van der Waals surface area contributed by atoms with Gasteiger partial charge in [0.15, 0.2) is 0 Å². The molecule has 1 aliphatic rings. The smallest absolute Gasteiger partial charge is 0.255 e. The van der Waals surface area contributed by atoms with Gasteiger partial charge in [0.25, 0.3) is 5.91 Å². The van der Waals surface area contributed by atoms with E-state index in [9.17, 15) is 4.79 Å². The second-order valence-electron chi connectivity index (χ2n) is 4.02. The summed E-state index contributed by atoms with van der Waals surface area (Å²) in [5.74, 6) is 0.773.